The molecule has 1 aromatic carbocycles. The van der Waals surface area contributed by atoms with E-state index in [2.05, 4.69) is 5.32 Å². The molecule has 1 aliphatic carbocycles. The summed E-state index contributed by atoms with van der Waals surface area (Å²) in [6.45, 7) is 2.18. The van der Waals surface area contributed by atoms with Gasteiger partial charge in [-0.05, 0) is 60.7 Å². The fourth-order valence-corrected chi connectivity index (χ4v) is 4.66. The van der Waals surface area contributed by atoms with E-state index in [0.717, 1.165) is 39.5 Å². The molecule has 2 aliphatic rings. The van der Waals surface area contributed by atoms with E-state index in [9.17, 15) is 14.4 Å². The van der Waals surface area contributed by atoms with Gasteiger partial charge in [0.1, 0.15) is 10.6 Å². The number of aryl methyl sites for hydroxylation is 2. The maximum absolute atomic E-state index is 12.6. The quantitative estimate of drug-likeness (QED) is 0.798. The number of nitrogens with zero attached hydrogens (tertiary/aromatic N) is 1. The van der Waals surface area contributed by atoms with Crippen LogP contribution in [-0.4, -0.2) is 49.1 Å². The molecule has 8 heteroatoms. The molecule has 1 atom stereocenters. The normalized spacial score (nSPS) is 16.1. The van der Waals surface area contributed by atoms with Gasteiger partial charge in [-0.3, -0.25) is 9.69 Å². The van der Waals surface area contributed by atoms with Gasteiger partial charge in [0.2, 0.25) is 0 Å². The minimum absolute atomic E-state index is 0.285. The predicted molar refractivity (Wildman–Crippen MR) is 104 cm³/mol. The first kappa shape index (κ1) is 18.5. The number of carbonyl (C=O) groups is 3. The van der Waals surface area contributed by atoms with E-state index < -0.39 is 24.0 Å². The Labute approximate surface area is 166 Å². The van der Waals surface area contributed by atoms with Crippen LogP contribution in [0.15, 0.2) is 24.3 Å². The Bertz CT molecular complexity index is 968. The van der Waals surface area contributed by atoms with Gasteiger partial charge >= 0.3 is 12.0 Å². The zero-order chi connectivity index (χ0) is 19.8. The van der Waals surface area contributed by atoms with Crippen molar-refractivity contribution in [1.82, 2.24) is 10.2 Å². The van der Waals surface area contributed by atoms with E-state index in [0.29, 0.717) is 11.4 Å². The Kier molecular flexibility index (Phi) is 4.80. The van der Waals surface area contributed by atoms with Crippen molar-refractivity contribution in [2.75, 3.05) is 20.2 Å². The summed E-state index contributed by atoms with van der Waals surface area (Å²) in [6.07, 6.45) is 0.692. The number of urea groups is 1. The summed E-state index contributed by atoms with van der Waals surface area (Å²) >= 11 is 1.37. The van der Waals surface area contributed by atoms with Crippen LogP contribution >= 0.6 is 11.3 Å². The van der Waals surface area contributed by atoms with Crippen molar-refractivity contribution in [2.45, 2.75) is 25.9 Å². The first-order valence-corrected chi connectivity index (χ1v) is 9.89. The number of benzene rings is 1. The highest BCUT2D eigenvalue weighted by Gasteiger charge is 2.32. The largest absolute Gasteiger partial charge is 0.497 e. The molecule has 4 rings (SSSR count). The van der Waals surface area contributed by atoms with Crippen LogP contribution in [-0.2, 0) is 22.4 Å². The van der Waals surface area contributed by atoms with Crippen molar-refractivity contribution in [1.29, 1.82) is 0 Å². The van der Waals surface area contributed by atoms with Gasteiger partial charge in [-0.1, -0.05) is 0 Å². The molecule has 1 aromatic heterocycles. The number of thiophene rings is 1. The fourth-order valence-electron chi connectivity index (χ4n) is 3.51. The molecule has 1 N–H and O–H groups in total. The molecule has 146 valence electrons. The molecular weight excluding hydrogens is 380 g/mol. The van der Waals surface area contributed by atoms with E-state index in [-0.39, 0.29) is 6.54 Å². The van der Waals surface area contributed by atoms with Gasteiger partial charge in [0.25, 0.3) is 5.91 Å². The lowest BCUT2D eigenvalue weighted by atomic mass is 9.91. The SMILES string of the molecule is COc1ccc2c(c1)CCc1cc(C(=O)O[C@H](C)C(=O)N3CCNC3=O)sc1-2. The van der Waals surface area contributed by atoms with Gasteiger partial charge in [0.15, 0.2) is 6.10 Å². The van der Waals surface area contributed by atoms with Gasteiger partial charge < -0.3 is 14.8 Å². The second kappa shape index (κ2) is 7.27. The average Bonchev–Trinajstić information content (AvgIpc) is 3.33. The Balaban J connectivity index is 1.51. The number of esters is 1. The van der Waals surface area contributed by atoms with Crippen LogP contribution < -0.4 is 10.1 Å². The molecule has 1 fully saturated rings. The smallest absolute Gasteiger partial charge is 0.349 e. The topological polar surface area (TPSA) is 84.9 Å². The van der Waals surface area contributed by atoms with Crippen LogP contribution in [0.2, 0.25) is 0 Å². The van der Waals surface area contributed by atoms with Gasteiger partial charge in [0.05, 0.1) is 7.11 Å². The molecule has 1 saturated heterocycles. The van der Waals surface area contributed by atoms with Crippen LogP contribution in [0.3, 0.4) is 0 Å². The van der Waals surface area contributed by atoms with E-state index in [1.54, 1.807) is 7.11 Å². The monoisotopic (exact) mass is 400 g/mol. The number of fused-ring (bicyclic) bond motifs is 3. The summed E-state index contributed by atoms with van der Waals surface area (Å²) in [5, 5.41) is 2.56. The van der Waals surface area contributed by atoms with Crippen LogP contribution in [0, 0.1) is 0 Å². The van der Waals surface area contributed by atoms with Crippen LogP contribution in [0.25, 0.3) is 10.4 Å². The summed E-state index contributed by atoms with van der Waals surface area (Å²) in [7, 11) is 1.64. The Hall–Kier alpha value is -2.87. The van der Waals surface area contributed by atoms with Crippen molar-refractivity contribution in [3.63, 3.8) is 0 Å². The third-order valence-corrected chi connectivity index (χ3v) is 6.18. The summed E-state index contributed by atoms with van der Waals surface area (Å²) in [5.41, 5.74) is 3.40. The van der Waals surface area contributed by atoms with Crippen molar-refractivity contribution in [3.8, 4) is 16.2 Å². The number of nitrogens with one attached hydrogen (secondary N) is 1. The van der Waals surface area contributed by atoms with Crippen molar-refractivity contribution in [3.05, 3.63) is 40.3 Å². The molecule has 1 aliphatic heterocycles. The first-order chi connectivity index (χ1) is 13.5. The molecule has 7 nitrogen and oxygen atoms in total. The molecule has 3 amide bonds. The van der Waals surface area contributed by atoms with Gasteiger partial charge in [-0.2, -0.15) is 0 Å². The number of methoxy groups -OCH3 is 1. The second-order valence-electron chi connectivity index (χ2n) is 6.76. The maximum atomic E-state index is 12.6. The second-order valence-corrected chi connectivity index (χ2v) is 7.81. The lowest BCUT2D eigenvalue weighted by Gasteiger charge is -2.17. The van der Waals surface area contributed by atoms with Crippen molar-refractivity contribution < 1.29 is 23.9 Å². The van der Waals surface area contributed by atoms with E-state index in [4.69, 9.17) is 9.47 Å². The van der Waals surface area contributed by atoms with Gasteiger partial charge in [-0.25, -0.2) is 9.59 Å². The summed E-state index contributed by atoms with van der Waals surface area (Å²) in [5.74, 6) is -0.242. The standard InChI is InChI=1S/C20H20N2O5S/c1-11(18(23)22-8-7-21-20(22)25)27-19(24)16-10-13-4-3-12-9-14(26-2)5-6-15(12)17(13)28-16/h5-6,9-11H,3-4,7-8H2,1-2H3,(H,21,25)/t11-/m1/s1. The number of carbonyl (C=O) groups excluding carboxylic acids is 3. The predicted octanol–water partition coefficient (Wildman–Crippen LogP) is 2.62. The van der Waals surface area contributed by atoms with Crippen molar-refractivity contribution in [2.24, 2.45) is 0 Å². The third kappa shape index (κ3) is 3.24. The molecule has 0 unspecified atom stereocenters. The highest BCUT2D eigenvalue weighted by Crippen LogP contribution is 2.41. The van der Waals surface area contributed by atoms with Crippen LogP contribution in [0.5, 0.6) is 5.75 Å². The Morgan fingerprint density at radius 2 is 2.00 bits per heavy atom. The van der Waals surface area contributed by atoms with E-state index >= 15 is 0 Å². The molecule has 0 saturated carbocycles. The third-order valence-electron chi connectivity index (χ3n) is 4.99. The Morgan fingerprint density at radius 1 is 1.21 bits per heavy atom. The Morgan fingerprint density at radius 3 is 2.71 bits per heavy atom. The molecular formula is C20H20N2O5S. The lowest BCUT2D eigenvalue weighted by molar-refractivity contribution is -0.135. The lowest BCUT2D eigenvalue weighted by Crippen LogP contribution is -2.41. The molecule has 2 heterocycles. The molecule has 2 aromatic rings. The number of rotatable bonds is 4. The van der Waals surface area contributed by atoms with Gasteiger partial charge in [-0.15, -0.1) is 11.3 Å². The zero-order valence-electron chi connectivity index (χ0n) is 15.6. The summed E-state index contributed by atoms with van der Waals surface area (Å²) in [6, 6.07) is 7.34. The molecule has 0 spiro atoms. The zero-order valence-corrected chi connectivity index (χ0v) is 16.4. The van der Waals surface area contributed by atoms with Crippen LogP contribution in [0.4, 0.5) is 4.79 Å². The fraction of sp³-hybridized carbons (Fsp3) is 0.350. The molecule has 28 heavy (non-hydrogen) atoms. The first-order valence-electron chi connectivity index (χ1n) is 9.08. The number of amides is 3. The molecule has 0 bridgehead atoms. The van der Waals surface area contributed by atoms with E-state index in [1.165, 1.54) is 23.8 Å². The number of imide groups is 1. The minimum atomic E-state index is -1.02. The number of hydrogen-bond donors (Lipinski definition) is 1. The highest BCUT2D eigenvalue weighted by atomic mass is 32.1. The number of ether oxygens (including phenoxy) is 2. The van der Waals surface area contributed by atoms with E-state index in [1.807, 2.05) is 24.3 Å². The van der Waals surface area contributed by atoms with Crippen LogP contribution in [0.1, 0.15) is 27.7 Å². The van der Waals surface area contributed by atoms with Crippen molar-refractivity contribution >= 4 is 29.2 Å². The maximum Gasteiger partial charge on any atom is 0.349 e. The number of hydrogen-bond acceptors (Lipinski definition) is 6. The average molecular weight is 400 g/mol. The minimum Gasteiger partial charge on any atom is -0.497 e. The van der Waals surface area contributed by atoms with Gasteiger partial charge in [0, 0.05) is 18.0 Å². The molecule has 0 radical (unpaired) electrons. The summed E-state index contributed by atoms with van der Waals surface area (Å²) in [4.78, 5) is 39.1. The highest BCUT2D eigenvalue weighted by molar-refractivity contribution is 7.17. The summed E-state index contributed by atoms with van der Waals surface area (Å²) < 4.78 is 10.6.